The van der Waals surface area contributed by atoms with E-state index in [4.69, 9.17) is 5.11 Å². The Morgan fingerprint density at radius 1 is 1.88 bits per heavy atom. The summed E-state index contributed by atoms with van der Waals surface area (Å²) in [5.41, 5.74) is 0. The summed E-state index contributed by atoms with van der Waals surface area (Å²) in [7, 11) is 0. The first-order chi connectivity index (χ1) is 3.70. The smallest absolute Gasteiger partial charge is 0.249 e. The summed E-state index contributed by atoms with van der Waals surface area (Å²) in [6.07, 6.45) is -0.205. The van der Waals surface area contributed by atoms with Gasteiger partial charge in [0.15, 0.2) is 0 Å². The number of carbonyl (C=O) groups excluding carboxylic acids is 1. The Labute approximate surface area is 47.7 Å². The lowest BCUT2D eigenvalue weighted by Crippen LogP contribution is -2.25. The Morgan fingerprint density at radius 2 is 2.50 bits per heavy atom. The maximum Gasteiger partial charge on any atom is 0.249 e. The second-order valence-corrected chi connectivity index (χ2v) is 2.16. The highest BCUT2D eigenvalue weighted by Crippen LogP contribution is 2.05. The number of rotatable bonds is 0. The largest absolute Gasteiger partial charge is 0.383 e. The normalized spacial score (nSPS) is 37.5. The number of amides is 1. The van der Waals surface area contributed by atoms with Crippen LogP contribution < -0.4 is 5.32 Å². The quantitative estimate of drug-likeness (QED) is 0.436. The lowest BCUT2D eigenvalue weighted by Gasteiger charge is -1.95. The van der Waals surface area contributed by atoms with E-state index in [-0.39, 0.29) is 11.9 Å². The van der Waals surface area contributed by atoms with Gasteiger partial charge in [-0.1, -0.05) is 0 Å². The Kier molecular flexibility index (Phi) is 1.21. The lowest BCUT2D eigenvalue weighted by atomic mass is 10.2. The van der Waals surface area contributed by atoms with Crippen LogP contribution in [0.1, 0.15) is 13.3 Å². The van der Waals surface area contributed by atoms with E-state index in [1.807, 2.05) is 6.92 Å². The van der Waals surface area contributed by atoms with Crippen molar-refractivity contribution >= 4 is 5.91 Å². The minimum absolute atomic E-state index is 0.150. The summed E-state index contributed by atoms with van der Waals surface area (Å²) in [5.74, 6) is -0.238. The number of hydrogen-bond acceptors (Lipinski definition) is 2. The van der Waals surface area contributed by atoms with Crippen LogP contribution >= 0.6 is 0 Å². The van der Waals surface area contributed by atoms with Crippen molar-refractivity contribution in [1.82, 2.24) is 5.32 Å². The van der Waals surface area contributed by atoms with E-state index in [2.05, 4.69) is 5.32 Å². The predicted molar refractivity (Wildman–Crippen MR) is 28.2 cm³/mol. The molecular weight excluding hydrogens is 106 g/mol. The number of aliphatic hydroxyl groups is 1. The topological polar surface area (TPSA) is 49.3 Å². The van der Waals surface area contributed by atoms with Gasteiger partial charge in [0.05, 0.1) is 0 Å². The van der Waals surface area contributed by atoms with Crippen LogP contribution in [0, 0.1) is 0 Å². The van der Waals surface area contributed by atoms with Crippen molar-refractivity contribution in [2.75, 3.05) is 0 Å². The van der Waals surface area contributed by atoms with Crippen molar-refractivity contribution in [3.63, 3.8) is 0 Å². The van der Waals surface area contributed by atoms with E-state index in [0.717, 1.165) is 0 Å². The second kappa shape index (κ2) is 1.74. The summed E-state index contributed by atoms with van der Waals surface area (Å²) in [6.45, 7) is 1.87. The summed E-state index contributed by atoms with van der Waals surface area (Å²) in [6, 6.07) is 0.150. The van der Waals surface area contributed by atoms with Crippen LogP contribution in [0.4, 0.5) is 0 Å². The fourth-order valence-electron chi connectivity index (χ4n) is 0.840. The van der Waals surface area contributed by atoms with Crippen molar-refractivity contribution in [2.45, 2.75) is 25.5 Å². The van der Waals surface area contributed by atoms with Gasteiger partial charge < -0.3 is 10.4 Å². The minimum atomic E-state index is -0.759. The average molecular weight is 115 g/mol. The molecule has 2 N–H and O–H groups in total. The van der Waals surface area contributed by atoms with E-state index in [1.165, 1.54) is 0 Å². The van der Waals surface area contributed by atoms with Crippen molar-refractivity contribution in [2.24, 2.45) is 0 Å². The molecule has 0 aromatic rings. The van der Waals surface area contributed by atoms with E-state index in [1.54, 1.807) is 0 Å². The highest BCUT2D eigenvalue weighted by Gasteiger charge is 2.26. The van der Waals surface area contributed by atoms with Crippen molar-refractivity contribution < 1.29 is 9.90 Å². The summed E-state index contributed by atoms with van der Waals surface area (Å²) in [5, 5.41) is 11.3. The van der Waals surface area contributed by atoms with Crippen molar-refractivity contribution in [3.8, 4) is 0 Å². The molecule has 8 heavy (non-hydrogen) atoms. The molecule has 1 aliphatic rings. The first-order valence-electron chi connectivity index (χ1n) is 2.68. The first-order valence-corrected chi connectivity index (χ1v) is 2.68. The number of hydrogen-bond donors (Lipinski definition) is 2. The van der Waals surface area contributed by atoms with Crippen LogP contribution in [-0.2, 0) is 4.79 Å². The third-order valence-corrected chi connectivity index (χ3v) is 1.27. The molecule has 3 nitrogen and oxygen atoms in total. The van der Waals surface area contributed by atoms with Gasteiger partial charge in [0, 0.05) is 12.5 Å². The number of carbonyl (C=O) groups is 1. The molecule has 0 unspecified atom stereocenters. The molecule has 0 aromatic carbocycles. The number of aliphatic hydroxyl groups excluding tert-OH is 1. The SMILES string of the molecule is C[C@H]1C[C@H](O)C(=O)N1. The molecule has 1 rings (SSSR count). The molecule has 1 aliphatic heterocycles. The van der Waals surface area contributed by atoms with Crippen LogP contribution in [0.2, 0.25) is 0 Å². The molecule has 0 radical (unpaired) electrons. The van der Waals surface area contributed by atoms with Gasteiger partial charge >= 0.3 is 0 Å². The van der Waals surface area contributed by atoms with Crippen LogP contribution in [0.25, 0.3) is 0 Å². The molecule has 3 heteroatoms. The Bertz CT molecular complexity index is 113. The summed E-state index contributed by atoms with van der Waals surface area (Å²) >= 11 is 0. The molecule has 0 saturated carbocycles. The molecular formula is C5H9NO2. The van der Waals surface area contributed by atoms with Gasteiger partial charge in [0.25, 0.3) is 0 Å². The van der Waals surface area contributed by atoms with Gasteiger partial charge in [-0.25, -0.2) is 0 Å². The zero-order chi connectivity index (χ0) is 6.15. The lowest BCUT2D eigenvalue weighted by molar-refractivity contribution is -0.126. The highest BCUT2D eigenvalue weighted by atomic mass is 16.3. The van der Waals surface area contributed by atoms with Gasteiger partial charge in [-0.3, -0.25) is 4.79 Å². The summed E-state index contributed by atoms with van der Waals surface area (Å²) < 4.78 is 0. The van der Waals surface area contributed by atoms with E-state index < -0.39 is 6.10 Å². The zero-order valence-electron chi connectivity index (χ0n) is 4.72. The molecule has 46 valence electrons. The maximum absolute atomic E-state index is 10.4. The Hall–Kier alpha value is -0.570. The molecule has 2 atom stereocenters. The highest BCUT2D eigenvalue weighted by molar-refractivity contribution is 5.82. The standard InChI is InChI=1S/C5H9NO2/c1-3-2-4(7)5(8)6-3/h3-4,7H,2H2,1H3,(H,6,8)/t3-,4-/m0/s1. The fourth-order valence-corrected chi connectivity index (χ4v) is 0.840. The minimum Gasteiger partial charge on any atom is -0.383 e. The maximum atomic E-state index is 10.4. The van der Waals surface area contributed by atoms with E-state index in [9.17, 15) is 4.79 Å². The van der Waals surface area contributed by atoms with Gasteiger partial charge in [0.2, 0.25) is 5.91 Å². The van der Waals surface area contributed by atoms with Gasteiger partial charge in [-0.2, -0.15) is 0 Å². The molecule has 0 aromatic heterocycles. The van der Waals surface area contributed by atoms with Gasteiger partial charge in [-0.05, 0) is 6.92 Å². The van der Waals surface area contributed by atoms with Crippen molar-refractivity contribution in [1.29, 1.82) is 0 Å². The fraction of sp³-hybridized carbons (Fsp3) is 0.800. The molecule has 0 aliphatic carbocycles. The van der Waals surface area contributed by atoms with Crippen molar-refractivity contribution in [3.05, 3.63) is 0 Å². The van der Waals surface area contributed by atoms with E-state index >= 15 is 0 Å². The Morgan fingerprint density at radius 3 is 2.62 bits per heavy atom. The van der Waals surface area contributed by atoms with Crippen LogP contribution in [0.5, 0.6) is 0 Å². The third-order valence-electron chi connectivity index (χ3n) is 1.27. The number of nitrogens with one attached hydrogen (secondary N) is 1. The van der Waals surface area contributed by atoms with Gasteiger partial charge in [0.1, 0.15) is 6.10 Å². The molecule has 1 fully saturated rings. The average Bonchev–Trinajstić information content (AvgIpc) is 1.85. The van der Waals surface area contributed by atoms with E-state index in [0.29, 0.717) is 6.42 Å². The molecule has 1 amide bonds. The molecule has 1 saturated heterocycles. The predicted octanol–water partition coefficient (Wildman–Crippen LogP) is -0.744. The van der Waals surface area contributed by atoms with Crippen LogP contribution in [-0.4, -0.2) is 23.2 Å². The first kappa shape index (κ1) is 5.56. The Balaban J connectivity index is 2.51. The van der Waals surface area contributed by atoms with Gasteiger partial charge in [-0.15, -0.1) is 0 Å². The molecule has 0 bridgehead atoms. The zero-order valence-corrected chi connectivity index (χ0v) is 4.72. The molecule has 1 heterocycles. The van der Waals surface area contributed by atoms with Crippen LogP contribution in [0.3, 0.4) is 0 Å². The van der Waals surface area contributed by atoms with Crippen LogP contribution in [0.15, 0.2) is 0 Å². The monoisotopic (exact) mass is 115 g/mol. The summed E-state index contributed by atoms with van der Waals surface area (Å²) in [4.78, 5) is 10.4. The molecule has 0 spiro atoms. The third kappa shape index (κ3) is 0.816. The second-order valence-electron chi connectivity index (χ2n) is 2.16.